The summed E-state index contributed by atoms with van der Waals surface area (Å²) in [4.78, 5) is 21.3. The van der Waals surface area contributed by atoms with E-state index in [1.807, 2.05) is 13.8 Å². The summed E-state index contributed by atoms with van der Waals surface area (Å²) in [6.07, 6.45) is 0.0427. The minimum Gasteiger partial charge on any atom is -0.297 e. The van der Waals surface area contributed by atoms with Crippen LogP contribution in [0.3, 0.4) is 0 Å². The molecule has 1 N–H and O–H groups in total. The lowest BCUT2D eigenvalue weighted by molar-refractivity contribution is -0.736. The highest BCUT2D eigenvalue weighted by Gasteiger charge is 2.15. The number of rotatable bonds is 6. The Balaban J connectivity index is 2.63. The van der Waals surface area contributed by atoms with E-state index in [2.05, 4.69) is 10.3 Å². The monoisotopic (exact) mass is 259 g/mol. The SMILES string of the molecule is CO[N+](=O)c1ccc([C@H](Cl)NOC(C)C)cc1. The van der Waals surface area contributed by atoms with Gasteiger partial charge >= 0.3 is 5.69 Å². The maximum atomic E-state index is 11.1. The lowest BCUT2D eigenvalue weighted by Crippen LogP contribution is -2.21. The first-order valence-corrected chi connectivity index (χ1v) is 5.64. The summed E-state index contributed by atoms with van der Waals surface area (Å²) < 4.78 is 0. The molecule has 1 aromatic carbocycles. The Morgan fingerprint density at radius 1 is 1.29 bits per heavy atom. The third-order valence-electron chi connectivity index (χ3n) is 1.97. The van der Waals surface area contributed by atoms with Gasteiger partial charge in [0, 0.05) is 12.1 Å². The average molecular weight is 260 g/mol. The average Bonchev–Trinajstić information content (AvgIpc) is 2.35. The minimum absolute atomic E-state index is 0.0427. The Bertz CT molecular complexity index is 367. The van der Waals surface area contributed by atoms with E-state index in [9.17, 15) is 4.91 Å². The molecular formula is C11H16ClN2O3+. The number of hydrogen-bond acceptors (Lipinski definition) is 4. The summed E-state index contributed by atoms with van der Waals surface area (Å²) in [6.45, 7) is 3.79. The lowest BCUT2D eigenvalue weighted by Gasteiger charge is -2.13. The summed E-state index contributed by atoms with van der Waals surface area (Å²) in [5.74, 6) is 0. The maximum Gasteiger partial charge on any atom is 0.316 e. The smallest absolute Gasteiger partial charge is 0.297 e. The molecule has 17 heavy (non-hydrogen) atoms. The predicted octanol–water partition coefficient (Wildman–Crippen LogP) is 2.83. The van der Waals surface area contributed by atoms with Crippen LogP contribution in [0, 0.1) is 4.91 Å². The molecular weight excluding hydrogens is 244 g/mol. The van der Waals surface area contributed by atoms with E-state index in [0.717, 1.165) is 5.56 Å². The molecule has 1 atom stereocenters. The van der Waals surface area contributed by atoms with Crippen LogP contribution in [0.25, 0.3) is 0 Å². The highest BCUT2D eigenvalue weighted by molar-refractivity contribution is 6.20. The largest absolute Gasteiger partial charge is 0.316 e. The van der Waals surface area contributed by atoms with Gasteiger partial charge in [-0.3, -0.25) is 4.84 Å². The van der Waals surface area contributed by atoms with E-state index >= 15 is 0 Å². The topological polar surface area (TPSA) is 50.6 Å². The second kappa shape index (κ2) is 6.54. The molecule has 0 fully saturated rings. The van der Waals surface area contributed by atoms with Gasteiger partial charge in [0.05, 0.1) is 11.0 Å². The number of alkyl halides is 1. The summed E-state index contributed by atoms with van der Waals surface area (Å²) in [7, 11) is 1.31. The van der Waals surface area contributed by atoms with E-state index in [1.165, 1.54) is 7.11 Å². The highest BCUT2D eigenvalue weighted by Crippen LogP contribution is 2.21. The molecule has 0 saturated heterocycles. The third kappa shape index (κ3) is 4.30. The fraction of sp³-hybridized carbons (Fsp3) is 0.455. The Morgan fingerprint density at radius 2 is 1.88 bits per heavy atom. The van der Waals surface area contributed by atoms with Gasteiger partial charge in [-0.25, -0.2) is 4.84 Å². The first kappa shape index (κ1) is 13.9. The van der Waals surface area contributed by atoms with E-state index in [1.54, 1.807) is 24.3 Å². The molecule has 0 spiro atoms. The van der Waals surface area contributed by atoms with Crippen LogP contribution < -0.4 is 5.48 Å². The van der Waals surface area contributed by atoms with Crippen molar-refractivity contribution < 1.29 is 14.6 Å². The van der Waals surface area contributed by atoms with Crippen molar-refractivity contribution in [2.24, 2.45) is 0 Å². The molecule has 0 amide bonds. The van der Waals surface area contributed by atoms with E-state index in [-0.39, 0.29) is 6.10 Å². The summed E-state index contributed by atoms with van der Waals surface area (Å²) in [6, 6.07) is 6.71. The van der Waals surface area contributed by atoms with Gasteiger partial charge in [0.1, 0.15) is 5.50 Å². The van der Waals surface area contributed by atoms with Gasteiger partial charge in [0.25, 0.3) is 4.92 Å². The van der Waals surface area contributed by atoms with Crippen LogP contribution in [0.4, 0.5) is 5.69 Å². The van der Waals surface area contributed by atoms with Crippen LogP contribution >= 0.6 is 11.6 Å². The highest BCUT2D eigenvalue weighted by atomic mass is 35.5. The zero-order chi connectivity index (χ0) is 12.8. The standard InChI is InChI=1S/C11H16ClN2O3/c1-8(2)17-13-11(12)9-4-6-10(7-5-9)14(15)16-3/h4-8,11,13H,1-3H3/q+1/t11-/m1/s1. The van der Waals surface area contributed by atoms with Crippen LogP contribution in [-0.4, -0.2) is 18.1 Å². The van der Waals surface area contributed by atoms with Crippen molar-refractivity contribution in [1.29, 1.82) is 0 Å². The molecule has 0 bridgehead atoms. The summed E-state index contributed by atoms with van der Waals surface area (Å²) >= 11 is 6.06. The first-order chi connectivity index (χ1) is 8.04. The number of nitrogens with one attached hydrogen (secondary N) is 1. The predicted molar refractivity (Wildman–Crippen MR) is 64.7 cm³/mol. The fourth-order valence-electron chi connectivity index (χ4n) is 1.13. The van der Waals surface area contributed by atoms with E-state index in [4.69, 9.17) is 16.4 Å². The summed E-state index contributed by atoms with van der Waals surface area (Å²) in [5, 5.41) is 0. The van der Waals surface area contributed by atoms with Gasteiger partial charge in [-0.2, -0.15) is 5.48 Å². The molecule has 0 aliphatic heterocycles. The van der Waals surface area contributed by atoms with Crippen molar-refractivity contribution in [3.63, 3.8) is 0 Å². The van der Waals surface area contributed by atoms with Gasteiger partial charge < -0.3 is 0 Å². The van der Waals surface area contributed by atoms with Crippen molar-refractivity contribution in [2.45, 2.75) is 25.5 Å². The Labute approximate surface area is 105 Å². The number of hydroxylamine groups is 1. The molecule has 0 aliphatic rings. The van der Waals surface area contributed by atoms with Crippen molar-refractivity contribution in [1.82, 2.24) is 5.48 Å². The van der Waals surface area contributed by atoms with Gasteiger partial charge in [0.2, 0.25) is 0 Å². The van der Waals surface area contributed by atoms with Gasteiger partial charge in [0.15, 0.2) is 7.11 Å². The van der Waals surface area contributed by atoms with Crippen molar-refractivity contribution >= 4 is 17.3 Å². The minimum atomic E-state index is -0.464. The first-order valence-electron chi connectivity index (χ1n) is 5.21. The molecule has 0 aliphatic carbocycles. The quantitative estimate of drug-likeness (QED) is 0.485. The molecule has 94 valence electrons. The number of nitrogens with zero attached hydrogens (tertiary/aromatic N) is 1. The normalized spacial score (nSPS) is 12.5. The van der Waals surface area contributed by atoms with Crippen LogP contribution in [0.15, 0.2) is 24.3 Å². The number of halogens is 1. The molecule has 5 nitrogen and oxygen atoms in total. The zero-order valence-electron chi connectivity index (χ0n) is 10.0. The maximum absolute atomic E-state index is 11.1. The van der Waals surface area contributed by atoms with Crippen molar-refractivity contribution in [2.75, 3.05) is 7.11 Å². The second-order valence-electron chi connectivity index (χ2n) is 3.68. The molecule has 0 heterocycles. The Kier molecular flexibility index (Phi) is 5.34. The second-order valence-corrected chi connectivity index (χ2v) is 4.11. The van der Waals surface area contributed by atoms with Crippen LogP contribution in [-0.2, 0) is 9.68 Å². The summed E-state index contributed by atoms with van der Waals surface area (Å²) in [5.41, 5.74) is 3.45. The molecule has 6 heteroatoms. The van der Waals surface area contributed by atoms with Crippen LogP contribution in [0.2, 0.25) is 0 Å². The van der Waals surface area contributed by atoms with E-state index in [0.29, 0.717) is 10.6 Å². The van der Waals surface area contributed by atoms with Crippen molar-refractivity contribution in [3.05, 3.63) is 34.7 Å². The number of benzene rings is 1. The molecule has 1 rings (SSSR count). The third-order valence-corrected chi connectivity index (χ3v) is 2.31. The van der Waals surface area contributed by atoms with Crippen LogP contribution in [0.1, 0.15) is 24.9 Å². The zero-order valence-corrected chi connectivity index (χ0v) is 10.8. The fourth-order valence-corrected chi connectivity index (χ4v) is 1.33. The molecule has 0 radical (unpaired) electrons. The van der Waals surface area contributed by atoms with Crippen molar-refractivity contribution in [3.8, 4) is 0 Å². The molecule has 0 unspecified atom stereocenters. The van der Waals surface area contributed by atoms with Gasteiger partial charge in [-0.1, -0.05) is 11.6 Å². The van der Waals surface area contributed by atoms with Crippen LogP contribution in [0.5, 0.6) is 0 Å². The molecule has 1 aromatic rings. The molecule has 0 saturated carbocycles. The van der Waals surface area contributed by atoms with Gasteiger partial charge in [-0.15, -0.1) is 0 Å². The van der Waals surface area contributed by atoms with E-state index < -0.39 is 5.50 Å². The Hall–Kier alpha value is -1.17. The Morgan fingerprint density at radius 3 is 2.35 bits per heavy atom. The lowest BCUT2D eigenvalue weighted by atomic mass is 10.2. The number of hydrogen-bond donors (Lipinski definition) is 1. The molecule has 0 aromatic heterocycles. The van der Waals surface area contributed by atoms with Gasteiger partial charge in [-0.05, 0) is 31.5 Å².